The molecule has 0 aliphatic heterocycles. The van der Waals surface area contributed by atoms with Gasteiger partial charge in [-0.05, 0) is 44.7 Å². The Labute approximate surface area is 123 Å². The molecule has 1 aromatic carbocycles. The predicted octanol–water partition coefficient (Wildman–Crippen LogP) is 4.15. The van der Waals surface area contributed by atoms with Gasteiger partial charge in [-0.1, -0.05) is 43.2 Å². The van der Waals surface area contributed by atoms with Gasteiger partial charge >= 0.3 is 0 Å². The fourth-order valence-electron chi connectivity index (χ4n) is 3.34. The fourth-order valence-corrected chi connectivity index (χ4v) is 3.34. The summed E-state index contributed by atoms with van der Waals surface area (Å²) in [5.41, 5.74) is 2.64. The van der Waals surface area contributed by atoms with Crippen LogP contribution in [0.3, 0.4) is 0 Å². The van der Waals surface area contributed by atoms with Gasteiger partial charge in [0, 0.05) is 12.6 Å². The topological polar surface area (TPSA) is 27.0 Å². The molecular weight excluding hydrogens is 244 g/mol. The molecule has 0 aromatic heterocycles. The van der Waals surface area contributed by atoms with E-state index < -0.39 is 0 Å². The summed E-state index contributed by atoms with van der Waals surface area (Å²) < 4.78 is 0. The molecule has 1 aromatic rings. The Bertz CT molecular complexity index is 457. The van der Waals surface area contributed by atoms with E-state index in [2.05, 4.69) is 56.1 Å². The first-order valence-electron chi connectivity index (χ1n) is 7.79. The average Bonchev–Trinajstić information content (AvgIpc) is 2.48. The van der Waals surface area contributed by atoms with Crippen LogP contribution in [0.25, 0.3) is 0 Å². The number of nitrogens with zero attached hydrogens (tertiary/aromatic N) is 2. The predicted molar refractivity (Wildman–Crippen MR) is 83.2 cm³/mol. The molecule has 2 nitrogen and oxygen atoms in total. The SMILES string of the molecule is CCC1CCC(C#N)C(N(C)Cc2ccc(C)cc2)C1. The van der Waals surface area contributed by atoms with Gasteiger partial charge in [0.2, 0.25) is 0 Å². The highest BCUT2D eigenvalue weighted by molar-refractivity contribution is 5.21. The summed E-state index contributed by atoms with van der Waals surface area (Å²) in [6, 6.07) is 11.7. The highest BCUT2D eigenvalue weighted by atomic mass is 15.1. The van der Waals surface area contributed by atoms with Crippen molar-refractivity contribution in [3.05, 3.63) is 35.4 Å². The maximum Gasteiger partial charge on any atom is 0.0672 e. The van der Waals surface area contributed by atoms with Gasteiger partial charge in [0.05, 0.1) is 12.0 Å². The summed E-state index contributed by atoms with van der Waals surface area (Å²) in [5, 5.41) is 9.40. The van der Waals surface area contributed by atoms with E-state index in [1.807, 2.05) is 0 Å². The number of hydrogen-bond acceptors (Lipinski definition) is 2. The van der Waals surface area contributed by atoms with Crippen molar-refractivity contribution in [1.82, 2.24) is 4.90 Å². The lowest BCUT2D eigenvalue weighted by atomic mass is 9.77. The Morgan fingerprint density at radius 1 is 1.25 bits per heavy atom. The molecule has 0 amide bonds. The second-order valence-corrected chi connectivity index (χ2v) is 6.29. The van der Waals surface area contributed by atoms with Gasteiger partial charge in [0.25, 0.3) is 0 Å². The van der Waals surface area contributed by atoms with Crippen molar-refractivity contribution in [3.8, 4) is 6.07 Å². The maximum atomic E-state index is 9.40. The molecule has 1 aliphatic rings. The van der Waals surface area contributed by atoms with E-state index in [0.717, 1.165) is 18.9 Å². The van der Waals surface area contributed by atoms with E-state index in [1.54, 1.807) is 0 Å². The molecule has 0 N–H and O–H groups in total. The van der Waals surface area contributed by atoms with Crippen LogP contribution in [0.1, 0.15) is 43.7 Å². The second-order valence-electron chi connectivity index (χ2n) is 6.29. The Morgan fingerprint density at radius 2 is 1.95 bits per heavy atom. The van der Waals surface area contributed by atoms with E-state index >= 15 is 0 Å². The summed E-state index contributed by atoms with van der Waals surface area (Å²) in [6.45, 7) is 5.33. The molecule has 20 heavy (non-hydrogen) atoms. The van der Waals surface area contributed by atoms with Gasteiger partial charge in [-0.15, -0.1) is 0 Å². The van der Waals surface area contributed by atoms with Crippen molar-refractivity contribution in [2.24, 2.45) is 11.8 Å². The molecule has 1 aliphatic carbocycles. The molecule has 2 rings (SSSR count). The average molecular weight is 270 g/mol. The van der Waals surface area contributed by atoms with E-state index in [9.17, 15) is 5.26 Å². The van der Waals surface area contributed by atoms with Crippen LogP contribution in [-0.4, -0.2) is 18.0 Å². The Hall–Kier alpha value is -1.33. The minimum Gasteiger partial charge on any atom is -0.298 e. The van der Waals surface area contributed by atoms with Crippen LogP contribution in [0.4, 0.5) is 0 Å². The monoisotopic (exact) mass is 270 g/mol. The molecule has 0 spiro atoms. The molecule has 108 valence electrons. The number of hydrogen-bond donors (Lipinski definition) is 0. The Kier molecular flexibility index (Phi) is 5.20. The van der Waals surface area contributed by atoms with Crippen molar-refractivity contribution in [2.75, 3.05) is 7.05 Å². The van der Waals surface area contributed by atoms with Crippen LogP contribution in [0.5, 0.6) is 0 Å². The van der Waals surface area contributed by atoms with Crippen LogP contribution < -0.4 is 0 Å². The summed E-state index contributed by atoms with van der Waals surface area (Å²) in [6.07, 6.45) is 4.71. The zero-order chi connectivity index (χ0) is 14.5. The van der Waals surface area contributed by atoms with Crippen molar-refractivity contribution >= 4 is 0 Å². The minimum absolute atomic E-state index is 0.202. The van der Waals surface area contributed by atoms with Crippen LogP contribution >= 0.6 is 0 Å². The second kappa shape index (κ2) is 6.90. The smallest absolute Gasteiger partial charge is 0.0672 e. The van der Waals surface area contributed by atoms with Crippen molar-refractivity contribution in [1.29, 1.82) is 5.26 Å². The van der Waals surface area contributed by atoms with E-state index in [4.69, 9.17) is 0 Å². The first kappa shape index (κ1) is 15.1. The van der Waals surface area contributed by atoms with Crippen molar-refractivity contribution in [3.63, 3.8) is 0 Å². The largest absolute Gasteiger partial charge is 0.298 e. The van der Waals surface area contributed by atoms with Gasteiger partial charge < -0.3 is 0 Å². The molecule has 2 heteroatoms. The third-order valence-corrected chi connectivity index (χ3v) is 4.79. The van der Waals surface area contributed by atoms with E-state index in [-0.39, 0.29) is 5.92 Å². The zero-order valence-corrected chi connectivity index (χ0v) is 13.0. The van der Waals surface area contributed by atoms with Gasteiger partial charge in [0.1, 0.15) is 0 Å². The summed E-state index contributed by atoms with van der Waals surface area (Å²) >= 11 is 0. The highest BCUT2D eigenvalue weighted by Crippen LogP contribution is 2.33. The van der Waals surface area contributed by atoms with Crippen LogP contribution in [0.15, 0.2) is 24.3 Å². The number of nitriles is 1. The summed E-state index contributed by atoms with van der Waals surface area (Å²) in [4.78, 5) is 2.39. The van der Waals surface area contributed by atoms with E-state index in [0.29, 0.717) is 6.04 Å². The lowest BCUT2D eigenvalue weighted by Crippen LogP contribution is -2.41. The first-order valence-corrected chi connectivity index (χ1v) is 7.79. The van der Waals surface area contributed by atoms with Gasteiger partial charge in [-0.25, -0.2) is 0 Å². The summed E-state index contributed by atoms with van der Waals surface area (Å²) in [5.74, 6) is 0.998. The maximum absolute atomic E-state index is 9.40. The zero-order valence-electron chi connectivity index (χ0n) is 13.0. The van der Waals surface area contributed by atoms with Gasteiger partial charge in [-0.2, -0.15) is 5.26 Å². The molecule has 1 saturated carbocycles. The fraction of sp³-hybridized carbons (Fsp3) is 0.611. The lowest BCUT2D eigenvalue weighted by molar-refractivity contribution is 0.118. The third-order valence-electron chi connectivity index (χ3n) is 4.79. The highest BCUT2D eigenvalue weighted by Gasteiger charge is 2.32. The van der Waals surface area contributed by atoms with E-state index in [1.165, 1.54) is 30.4 Å². The molecule has 1 fully saturated rings. The van der Waals surface area contributed by atoms with Gasteiger partial charge in [-0.3, -0.25) is 4.90 Å². The van der Waals surface area contributed by atoms with Crippen LogP contribution in [0, 0.1) is 30.1 Å². The van der Waals surface area contributed by atoms with Gasteiger partial charge in [0.15, 0.2) is 0 Å². The molecule has 0 heterocycles. The molecular formula is C18H26N2. The normalized spacial score (nSPS) is 26.4. The third kappa shape index (κ3) is 3.61. The molecule has 0 saturated heterocycles. The van der Waals surface area contributed by atoms with Crippen molar-refractivity contribution < 1.29 is 0 Å². The number of benzene rings is 1. The lowest BCUT2D eigenvalue weighted by Gasteiger charge is -2.38. The number of rotatable bonds is 4. The Balaban J connectivity index is 2.03. The quantitative estimate of drug-likeness (QED) is 0.822. The van der Waals surface area contributed by atoms with Crippen molar-refractivity contribution in [2.45, 2.75) is 52.1 Å². The molecule has 0 bridgehead atoms. The first-order chi connectivity index (χ1) is 9.63. The molecule has 3 unspecified atom stereocenters. The Morgan fingerprint density at radius 3 is 2.55 bits per heavy atom. The standard InChI is InChI=1S/C18H26N2/c1-4-15-9-10-17(12-19)18(11-15)20(3)13-16-7-5-14(2)6-8-16/h5-8,15,17-18H,4,9-11,13H2,1-3H3. The molecule has 0 radical (unpaired) electrons. The van der Waals surface area contributed by atoms with Crippen LogP contribution in [0.2, 0.25) is 0 Å². The van der Waals surface area contributed by atoms with Crippen LogP contribution in [-0.2, 0) is 6.54 Å². The minimum atomic E-state index is 0.202. The number of aryl methyl sites for hydroxylation is 1. The summed E-state index contributed by atoms with van der Waals surface area (Å²) in [7, 11) is 2.17. The molecule has 3 atom stereocenters.